The molecule has 0 spiro atoms. The molecule has 2 N–H and O–H groups in total. The fraction of sp³-hybridized carbons (Fsp3) is 0.295. The molecule has 0 aliphatic carbocycles. The summed E-state index contributed by atoms with van der Waals surface area (Å²) in [6.45, 7) is 8.47. The third-order valence-corrected chi connectivity index (χ3v) is 10.7. The molecule has 0 amide bonds. The van der Waals surface area contributed by atoms with Crippen LogP contribution in [0, 0.1) is 31.1 Å². The lowest BCUT2D eigenvalue weighted by atomic mass is 9.96. The van der Waals surface area contributed by atoms with E-state index in [4.69, 9.17) is 37.4 Å². The van der Waals surface area contributed by atoms with Crippen LogP contribution in [-0.2, 0) is 26.3 Å². The first-order valence-electron chi connectivity index (χ1n) is 18.5. The molecule has 1 saturated heterocycles. The summed E-state index contributed by atoms with van der Waals surface area (Å²) in [5, 5.41) is 14.0. The molecule has 0 bridgehead atoms. The summed E-state index contributed by atoms with van der Waals surface area (Å²) in [6.07, 6.45) is 5.58. The van der Waals surface area contributed by atoms with Gasteiger partial charge in [0, 0.05) is 60.7 Å². The van der Waals surface area contributed by atoms with Gasteiger partial charge < -0.3 is 29.4 Å². The van der Waals surface area contributed by atoms with Gasteiger partial charge in [0.2, 0.25) is 0 Å². The van der Waals surface area contributed by atoms with Crippen LogP contribution in [0.25, 0.3) is 22.2 Å². The number of aromatic amines is 1. The maximum absolute atomic E-state index is 9.37. The van der Waals surface area contributed by atoms with Gasteiger partial charge >= 0.3 is 0 Å². The number of piperidine rings is 1. The largest absolute Gasteiger partial charge is 0.492 e. The number of nitrogens with one attached hydrogen (secondary N) is 2. The third kappa shape index (κ3) is 9.41. The molecule has 0 saturated carbocycles. The standard InChI is InChI=1S/C44H44Cl2N6O3/c1-28-34(8-4-9-36(28)37-10-5-11-41(44(37)46)53-25-31-7-6-14-52(3)24-31)27-55-43-18-42(54-26-33-15-32(19-47)21-48-22-33)35(17-38(43)45)23-49-20-30-12-13-39-40(16-30)51-29(2)50-39/h4-5,8-13,15-18,21-22,31,49H,6-7,14,20,23-27H2,1-3H3,(H,50,51). The number of nitriles is 1. The molecule has 3 heterocycles. The van der Waals surface area contributed by atoms with Gasteiger partial charge in [0.1, 0.15) is 42.4 Å². The summed E-state index contributed by atoms with van der Waals surface area (Å²) in [4.78, 5) is 14.3. The number of hydrogen-bond donors (Lipinski definition) is 2. The normalized spacial score (nSPS) is 14.5. The lowest BCUT2D eigenvalue weighted by Crippen LogP contribution is -2.34. The molecule has 2 aromatic heterocycles. The van der Waals surface area contributed by atoms with Gasteiger partial charge in [-0.25, -0.2) is 4.98 Å². The summed E-state index contributed by atoms with van der Waals surface area (Å²) >= 11 is 13.9. The maximum Gasteiger partial charge on any atom is 0.142 e. The highest BCUT2D eigenvalue weighted by atomic mass is 35.5. The predicted octanol–water partition coefficient (Wildman–Crippen LogP) is 9.59. The molecule has 1 fully saturated rings. The van der Waals surface area contributed by atoms with E-state index in [9.17, 15) is 5.26 Å². The smallest absolute Gasteiger partial charge is 0.142 e. The van der Waals surface area contributed by atoms with Crippen molar-refractivity contribution in [2.24, 2.45) is 5.92 Å². The highest BCUT2D eigenvalue weighted by Gasteiger charge is 2.20. The zero-order valence-corrected chi connectivity index (χ0v) is 32.8. The topological polar surface area (TPSA) is 108 Å². The van der Waals surface area contributed by atoms with Crippen molar-refractivity contribution in [1.29, 1.82) is 5.26 Å². The number of halogens is 2. The van der Waals surface area contributed by atoms with Crippen LogP contribution < -0.4 is 19.5 Å². The number of hydrogen-bond acceptors (Lipinski definition) is 8. The van der Waals surface area contributed by atoms with E-state index in [-0.39, 0.29) is 13.2 Å². The van der Waals surface area contributed by atoms with Crippen molar-refractivity contribution in [3.05, 3.63) is 134 Å². The van der Waals surface area contributed by atoms with Gasteiger partial charge in [-0.15, -0.1) is 0 Å². The second-order valence-corrected chi connectivity index (χ2v) is 15.0. The van der Waals surface area contributed by atoms with E-state index < -0.39 is 0 Å². The number of likely N-dealkylation sites (tertiary alicyclic amines) is 1. The molecule has 1 unspecified atom stereocenters. The van der Waals surface area contributed by atoms with Crippen LogP contribution in [0.2, 0.25) is 10.0 Å². The highest BCUT2D eigenvalue weighted by molar-refractivity contribution is 6.35. The van der Waals surface area contributed by atoms with Gasteiger partial charge in [0.05, 0.1) is 33.2 Å². The van der Waals surface area contributed by atoms with Crippen molar-refractivity contribution in [1.82, 2.24) is 25.2 Å². The number of aryl methyl sites for hydroxylation is 1. The minimum atomic E-state index is 0.217. The van der Waals surface area contributed by atoms with Crippen LogP contribution in [-0.4, -0.2) is 46.6 Å². The number of aromatic nitrogens is 3. The Labute approximate surface area is 332 Å². The van der Waals surface area contributed by atoms with E-state index >= 15 is 0 Å². The maximum atomic E-state index is 9.37. The van der Waals surface area contributed by atoms with E-state index in [1.54, 1.807) is 12.3 Å². The van der Waals surface area contributed by atoms with E-state index in [0.717, 1.165) is 75.3 Å². The fourth-order valence-electron chi connectivity index (χ4n) is 7.12. The van der Waals surface area contributed by atoms with E-state index in [2.05, 4.69) is 63.4 Å². The van der Waals surface area contributed by atoms with E-state index in [1.165, 1.54) is 12.6 Å². The third-order valence-electron chi connectivity index (χ3n) is 10.0. The summed E-state index contributed by atoms with van der Waals surface area (Å²) in [7, 11) is 2.16. The molecular formula is C44H44Cl2N6O3. The van der Waals surface area contributed by atoms with Crippen molar-refractivity contribution >= 4 is 34.2 Å². The Hall–Kier alpha value is -5.11. The Kier molecular flexibility index (Phi) is 12.2. The van der Waals surface area contributed by atoms with E-state index in [0.29, 0.717) is 58.5 Å². The minimum absolute atomic E-state index is 0.217. The van der Waals surface area contributed by atoms with Crippen molar-refractivity contribution < 1.29 is 14.2 Å². The molecule has 0 radical (unpaired) electrons. The molecule has 1 aliphatic heterocycles. The van der Waals surface area contributed by atoms with Crippen molar-refractivity contribution in [3.63, 3.8) is 0 Å². The van der Waals surface area contributed by atoms with Crippen LogP contribution in [0.3, 0.4) is 0 Å². The fourth-order valence-corrected chi connectivity index (χ4v) is 7.64. The van der Waals surface area contributed by atoms with Gasteiger partial charge in [-0.3, -0.25) is 4.98 Å². The molecule has 55 heavy (non-hydrogen) atoms. The second-order valence-electron chi connectivity index (χ2n) is 14.2. The number of pyridine rings is 1. The van der Waals surface area contributed by atoms with Crippen LogP contribution >= 0.6 is 23.2 Å². The number of rotatable bonds is 14. The molecule has 6 aromatic rings. The molecule has 11 heteroatoms. The Morgan fingerprint density at radius 2 is 1.71 bits per heavy atom. The first-order chi connectivity index (χ1) is 26.7. The molecule has 1 atom stereocenters. The Morgan fingerprint density at radius 3 is 2.56 bits per heavy atom. The zero-order chi connectivity index (χ0) is 38.3. The van der Waals surface area contributed by atoms with Gasteiger partial charge in [-0.1, -0.05) is 59.6 Å². The molecule has 1 aliphatic rings. The minimum Gasteiger partial charge on any atom is -0.492 e. The molecular weight excluding hydrogens is 731 g/mol. The number of nitrogens with zero attached hydrogens (tertiary/aromatic N) is 4. The lowest BCUT2D eigenvalue weighted by Gasteiger charge is -2.29. The van der Waals surface area contributed by atoms with Crippen LogP contribution in [0.5, 0.6) is 17.2 Å². The van der Waals surface area contributed by atoms with Crippen molar-refractivity contribution in [2.45, 2.75) is 53.0 Å². The number of fused-ring (bicyclic) bond motifs is 1. The average molecular weight is 776 g/mol. The first-order valence-corrected chi connectivity index (χ1v) is 19.3. The van der Waals surface area contributed by atoms with Crippen LogP contribution in [0.15, 0.2) is 85.2 Å². The van der Waals surface area contributed by atoms with Crippen molar-refractivity contribution in [3.8, 4) is 34.4 Å². The molecule has 4 aromatic carbocycles. The monoisotopic (exact) mass is 774 g/mol. The van der Waals surface area contributed by atoms with Gasteiger partial charge in [-0.05, 0) is 92.9 Å². The van der Waals surface area contributed by atoms with Crippen LogP contribution in [0.1, 0.15) is 52.0 Å². The van der Waals surface area contributed by atoms with Crippen molar-refractivity contribution in [2.75, 3.05) is 26.7 Å². The summed E-state index contributed by atoms with van der Waals surface area (Å²) in [6, 6.07) is 25.9. The predicted molar refractivity (Wildman–Crippen MR) is 218 cm³/mol. The summed E-state index contributed by atoms with van der Waals surface area (Å²) < 4.78 is 19.0. The first kappa shape index (κ1) is 38.2. The summed E-state index contributed by atoms with van der Waals surface area (Å²) in [5.74, 6) is 3.18. The van der Waals surface area contributed by atoms with Gasteiger partial charge in [0.25, 0.3) is 0 Å². The number of H-pyrrole nitrogens is 1. The Morgan fingerprint density at radius 1 is 0.873 bits per heavy atom. The molecule has 282 valence electrons. The summed E-state index contributed by atoms with van der Waals surface area (Å²) in [5.41, 5.74) is 9.16. The van der Waals surface area contributed by atoms with Gasteiger partial charge in [-0.2, -0.15) is 5.26 Å². The number of imidazole rings is 1. The van der Waals surface area contributed by atoms with E-state index in [1.807, 2.05) is 55.5 Å². The second kappa shape index (κ2) is 17.6. The average Bonchev–Trinajstić information content (AvgIpc) is 3.56. The molecule has 7 rings (SSSR count). The quantitative estimate of drug-likeness (QED) is 0.113. The molecule has 9 nitrogen and oxygen atoms in total. The highest BCUT2D eigenvalue weighted by Crippen LogP contribution is 2.39. The Bertz CT molecular complexity index is 2340. The number of ether oxygens (including phenoxy) is 3. The SMILES string of the molecule is Cc1nc2ccc(CNCc3cc(Cl)c(OCc4cccc(-c5cccc(OCC6CCCN(C)C6)c5Cl)c4C)cc3OCc3cncc(C#N)c3)cc2[nH]1. The van der Waals surface area contributed by atoms with Gasteiger partial charge in [0.15, 0.2) is 0 Å². The number of benzene rings is 4. The Balaban J connectivity index is 1.07. The zero-order valence-electron chi connectivity index (χ0n) is 31.3. The lowest BCUT2D eigenvalue weighted by molar-refractivity contribution is 0.150. The van der Waals surface area contributed by atoms with Crippen LogP contribution in [0.4, 0.5) is 0 Å².